The van der Waals surface area contributed by atoms with Crippen LogP contribution in [0.4, 0.5) is 0 Å². The Morgan fingerprint density at radius 1 is 1.27 bits per heavy atom. The second-order valence-electron chi connectivity index (χ2n) is 6.64. The van der Waals surface area contributed by atoms with Crippen molar-refractivity contribution in [2.75, 3.05) is 0 Å². The molecule has 0 saturated heterocycles. The molecule has 22 heavy (non-hydrogen) atoms. The lowest BCUT2D eigenvalue weighted by Crippen LogP contribution is -2.14. The van der Waals surface area contributed by atoms with Gasteiger partial charge in [0.05, 0.1) is 11.7 Å². The quantitative estimate of drug-likeness (QED) is 0.430. The smallest absolute Gasteiger partial charge is 0.0525 e. The van der Waals surface area contributed by atoms with E-state index in [0.29, 0.717) is 6.54 Å². The first-order valence-electron chi connectivity index (χ1n) is 7.86. The SMILES string of the molecule is CCc1ccc2c(c1)-c1c(ccn1CC(C)N=[N+]=[N-])C2(C)C. The number of fused-ring (bicyclic) bond motifs is 3. The molecule has 0 fully saturated rings. The predicted molar refractivity (Wildman–Crippen MR) is 90.0 cm³/mol. The molecular weight excluding hydrogens is 272 g/mol. The predicted octanol–water partition coefficient (Wildman–Crippen LogP) is 5.06. The maximum absolute atomic E-state index is 8.62. The molecule has 0 radical (unpaired) electrons. The van der Waals surface area contributed by atoms with E-state index in [9.17, 15) is 0 Å². The maximum Gasteiger partial charge on any atom is 0.0525 e. The molecule has 4 heteroatoms. The van der Waals surface area contributed by atoms with Gasteiger partial charge in [-0.25, -0.2) is 0 Å². The van der Waals surface area contributed by atoms with E-state index in [1.54, 1.807) is 0 Å². The van der Waals surface area contributed by atoms with Crippen molar-refractivity contribution in [1.82, 2.24) is 4.57 Å². The standard InChI is InChI=1S/C18H22N4/c1-5-13-6-7-15-14(10-13)17-16(18(15,3)4)8-9-22(17)11-12(2)20-21-19/h6-10,12H,5,11H2,1-4H3. The Bertz CT molecular complexity index is 763. The first kappa shape index (κ1) is 14.7. The van der Waals surface area contributed by atoms with Crippen LogP contribution in [0.1, 0.15) is 44.4 Å². The highest BCUT2D eigenvalue weighted by Crippen LogP contribution is 2.49. The number of azide groups is 1. The van der Waals surface area contributed by atoms with Crippen LogP contribution < -0.4 is 0 Å². The largest absolute Gasteiger partial charge is 0.347 e. The summed E-state index contributed by atoms with van der Waals surface area (Å²) in [4.78, 5) is 2.92. The van der Waals surface area contributed by atoms with Crippen molar-refractivity contribution in [2.24, 2.45) is 5.11 Å². The molecule has 1 aromatic carbocycles. The Labute approximate surface area is 131 Å². The molecule has 1 aliphatic rings. The van der Waals surface area contributed by atoms with Crippen LogP contribution in [0.3, 0.4) is 0 Å². The summed E-state index contributed by atoms with van der Waals surface area (Å²) < 4.78 is 2.24. The molecule has 1 heterocycles. The van der Waals surface area contributed by atoms with Gasteiger partial charge >= 0.3 is 0 Å². The molecule has 114 valence electrons. The Hall–Kier alpha value is -2.19. The molecule has 4 nitrogen and oxygen atoms in total. The summed E-state index contributed by atoms with van der Waals surface area (Å²) in [6, 6.07) is 8.99. The minimum absolute atomic E-state index is 0.0317. The summed E-state index contributed by atoms with van der Waals surface area (Å²) in [5.41, 5.74) is 15.4. The zero-order valence-corrected chi connectivity index (χ0v) is 13.7. The van der Waals surface area contributed by atoms with Gasteiger partial charge in [0.15, 0.2) is 0 Å². The fourth-order valence-corrected chi connectivity index (χ4v) is 3.54. The average molecular weight is 294 g/mol. The molecule has 1 aromatic heterocycles. The fraction of sp³-hybridized carbons (Fsp3) is 0.444. The lowest BCUT2D eigenvalue weighted by molar-refractivity contribution is 0.592. The summed E-state index contributed by atoms with van der Waals surface area (Å²) in [6.07, 6.45) is 3.16. The van der Waals surface area contributed by atoms with Crippen LogP contribution in [0.15, 0.2) is 35.6 Å². The van der Waals surface area contributed by atoms with Gasteiger partial charge in [0.1, 0.15) is 0 Å². The molecule has 3 rings (SSSR count). The van der Waals surface area contributed by atoms with Crippen molar-refractivity contribution < 1.29 is 0 Å². The molecule has 1 aliphatic carbocycles. The van der Waals surface area contributed by atoms with Gasteiger partial charge in [0.2, 0.25) is 0 Å². The third-order valence-electron chi connectivity index (χ3n) is 4.77. The molecule has 0 N–H and O–H groups in total. The number of hydrogen-bond donors (Lipinski definition) is 0. The first-order valence-corrected chi connectivity index (χ1v) is 7.86. The number of hydrogen-bond acceptors (Lipinski definition) is 1. The third-order valence-corrected chi connectivity index (χ3v) is 4.77. The van der Waals surface area contributed by atoms with Crippen molar-refractivity contribution in [2.45, 2.75) is 52.1 Å². The fourth-order valence-electron chi connectivity index (χ4n) is 3.54. The van der Waals surface area contributed by atoms with Gasteiger partial charge in [-0.2, -0.15) is 0 Å². The summed E-state index contributed by atoms with van der Waals surface area (Å²) >= 11 is 0. The van der Waals surface area contributed by atoms with E-state index < -0.39 is 0 Å². The number of benzene rings is 1. The summed E-state index contributed by atoms with van der Waals surface area (Å²) in [5.74, 6) is 0. The van der Waals surface area contributed by atoms with Crippen molar-refractivity contribution in [1.29, 1.82) is 0 Å². The summed E-state index contributed by atoms with van der Waals surface area (Å²) in [5, 5.41) is 3.81. The van der Waals surface area contributed by atoms with Crippen LogP contribution in [-0.4, -0.2) is 10.6 Å². The number of nitrogens with zero attached hydrogens (tertiary/aromatic N) is 4. The first-order chi connectivity index (χ1) is 10.5. The number of aromatic nitrogens is 1. The monoisotopic (exact) mass is 294 g/mol. The zero-order chi connectivity index (χ0) is 15.9. The lowest BCUT2D eigenvalue weighted by Gasteiger charge is -2.20. The Kier molecular flexibility index (Phi) is 3.50. The highest BCUT2D eigenvalue weighted by molar-refractivity contribution is 5.79. The van der Waals surface area contributed by atoms with Crippen LogP contribution in [0, 0.1) is 0 Å². The van der Waals surface area contributed by atoms with Gasteiger partial charge in [0.25, 0.3) is 0 Å². The second-order valence-corrected chi connectivity index (χ2v) is 6.64. The average Bonchev–Trinajstić information content (AvgIpc) is 2.99. The minimum Gasteiger partial charge on any atom is -0.347 e. The molecule has 0 bridgehead atoms. The van der Waals surface area contributed by atoms with Crippen LogP contribution in [0.2, 0.25) is 0 Å². The molecule has 0 aliphatic heterocycles. The molecular formula is C18H22N4. The van der Waals surface area contributed by atoms with E-state index in [1.165, 1.54) is 27.9 Å². The maximum atomic E-state index is 8.62. The number of rotatable bonds is 4. The second kappa shape index (κ2) is 5.22. The highest BCUT2D eigenvalue weighted by Gasteiger charge is 2.37. The molecule has 0 amide bonds. The van der Waals surface area contributed by atoms with Gasteiger partial charge in [-0.1, -0.05) is 44.9 Å². The van der Waals surface area contributed by atoms with E-state index in [1.807, 2.05) is 6.92 Å². The Morgan fingerprint density at radius 3 is 2.73 bits per heavy atom. The van der Waals surface area contributed by atoms with Gasteiger partial charge in [-0.3, -0.25) is 0 Å². The van der Waals surface area contributed by atoms with Crippen molar-refractivity contribution >= 4 is 0 Å². The summed E-state index contributed by atoms with van der Waals surface area (Å²) in [7, 11) is 0. The molecule has 1 unspecified atom stereocenters. The van der Waals surface area contributed by atoms with Crippen molar-refractivity contribution in [3.63, 3.8) is 0 Å². The third kappa shape index (κ3) is 2.11. The van der Waals surface area contributed by atoms with Gasteiger partial charge in [0, 0.05) is 28.6 Å². The summed E-state index contributed by atoms with van der Waals surface area (Å²) in [6.45, 7) is 9.42. The zero-order valence-electron chi connectivity index (χ0n) is 13.7. The van der Waals surface area contributed by atoms with Gasteiger partial charge in [-0.15, -0.1) is 0 Å². The highest BCUT2D eigenvalue weighted by atomic mass is 15.2. The van der Waals surface area contributed by atoms with Crippen LogP contribution >= 0.6 is 0 Å². The van der Waals surface area contributed by atoms with E-state index >= 15 is 0 Å². The van der Waals surface area contributed by atoms with Crippen LogP contribution in [0.5, 0.6) is 0 Å². The van der Waals surface area contributed by atoms with E-state index in [2.05, 4.69) is 65.8 Å². The Balaban J connectivity index is 2.14. The molecule has 1 atom stereocenters. The van der Waals surface area contributed by atoms with Crippen molar-refractivity contribution in [3.05, 3.63) is 57.6 Å². The lowest BCUT2D eigenvalue weighted by atomic mass is 9.83. The number of aryl methyl sites for hydroxylation is 1. The normalized spacial score (nSPS) is 15.8. The van der Waals surface area contributed by atoms with E-state index in [-0.39, 0.29) is 11.5 Å². The Morgan fingerprint density at radius 2 is 2.05 bits per heavy atom. The molecule has 0 spiro atoms. The van der Waals surface area contributed by atoms with E-state index in [4.69, 9.17) is 5.53 Å². The van der Waals surface area contributed by atoms with Crippen LogP contribution in [-0.2, 0) is 18.4 Å². The van der Waals surface area contributed by atoms with Crippen LogP contribution in [0.25, 0.3) is 21.7 Å². The molecule has 0 saturated carbocycles. The van der Waals surface area contributed by atoms with Gasteiger partial charge in [-0.05, 0) is 40.8 Å². The topological polar surface area (TPSA) is 53.7 Å². The van der Waals surface area contributed by atoms with Crippen molar-refractivity contribution in [3.8, 4) is 11.3 Å². The minimum atomic E-state index is -0.0528. The van der Waals surface area contributed by atoms with Gasteiger partial charge < -0.3 is 4.57 Å². The van der Waals surface area contributed by atoms with E-state index in [0.717, 1.165) is 6.42 Å². The molecule has 2 aromatic rings.